The first-order chi connectivity index (χ1) is 47.8. The predicted octanol–water partition coefficient (Wildman–Crippen LogP) is -7.59. The molecule has 0 saturated carbocycles. The lowest BCUT2D eigenvalue weighted by atomic mass is 9.97. The molecule has 39 nitrogen and oxygen atoms in total. The second-order valence-electron chi connectivity index (χ2n) is 24.7. The zero-order valence-electron chi connectivity index (χ0n) is 56.7. The Balaban J connectivity index is 1.60. The number of hydrogen-bond donors (Lipinski definition) is 21. The number of carboxylic acid groups (broad SMARTS) is 1. The molecule has 0 radical (unpaired) electrons. The Hall–Kier alpha value is -10.8. The number of aromatic hydroxyl groups is 1. The molecule has 3 aromatic rings. The van der Waals surface area contributed by atoms with E-state index >= 15 is 0 Å². The second-order valence-corrected chi connectivity index (χ2v) is 24.7. The van der Waals surface area contributed by atoms with Gasteiger partial charge in [0.15, 0.2) is 5.96 Å². The Labute approximate surface area is 580 Å². The number of benzene rings is 1. The number of amides is 13. The number of aromatic amines is 2. The Morgan fingerprint density at radius 2 is 1.04 bits per heavy atom. The van der Waals surface area contributed by atoms with Crippen LogP contribution >= 0.6 is 0 Å². The molecular weight excluding hydrogens is 1330 g/mol. The summed E-state index contributed by atoms with van der Waals surface area (Å²) in [5.41, 5.74) is 28.5. The molecule has 0 aliphatic carbocycles. The Kier molecular flexibility index (Phi) is 33.5. The number of guanidine groups is 1. The van der Waals surface area contributed by atoms with Gasteiger partial charge in [0.25, 0.3) is 0 Å². The molecule has 1 aromatic carbocycles. The van der Waals surface area contributed by atoms with E-state index in [1.165, 1.54) is 56.2 Å². The fourth-order valence-electron chi connectivity index (χ4n) is 10.4. The fourth-order valence-corrected chi connectivity index (χ4v) is 10.4. The zero-order chi connectivity index (χ0) is 75.2. The SMILES string of the molecule is CC[C@@H](C)[C@@H](NC(=O)[C@@H](Cc1cnc[nH]1)NC(=O)[C@@H](CCCN=C(N)N)NC(=O)[C@@H](Cc1ccc(O)cc1)NC(=O)[C@@H](Cc1cnc[nH]1)NC(=O)[C@@H](CO)NC(=O)[C@H](N)CCC(N)=O)C(=O)N[C@H](CO)C(=O)N1CCC[C@@H]1C(=O)N[C@H](C)C(=O)N[C@H](CCC(N)=O)C(=O)N[C@@H](C(=O)O)C(C)C. The van der Waals surface area contributed by atoms with E-state index in [-0.39, 0.29) is 102 Å². The number of aliphatic hydroxyl groups excluding tert-OH is 2. The van der Waals surface area contributed by atoms with Gasteiger partial charge in [-0.25, -0.2) is 14.8 Å². The van der Waals surface area contributed by atoms with Crippen molar-refractivity contribution in [2.75, 3.05) is 26.3 Å². The minimum absolute atomic E-state index is 0.0139. The molecule has 101 heavy (non-hydrogen) atoms. The summed E-state index contributed by atoms with van der Waals surface area (Å²) in [5, 5.41) is 65.5. The number of phenolic OH excluding ortho intramolecular Hbond substituents is 1. The molecule has 13 atom stereocenters. The van der Waals surface area contributed by atoms with E-state index in [0.717, 1.165) is 4.90 Å². The van der Waals surface area contributed by atoms with Crippen molar-refractivity contribution >= 4 is 88.7 Å². The Bertz CT molecular complexity index is 3350. The van der Waals surface area contributed by atoms with Gasteiger partial charge < -0.3 is 117 Å². The van der Waals surface area contributed by atoms with Crippen LogP contribution in [0.1, 0.15) is 109 Å². The van der Waals surface area contributed by atoms with Crippen LogP contribution in [0.4, 0.5) is 0 Å². The molecular formula is C62H95N21O18. The predicted molar refractivity (Wildman–Crippen MR) is 357 cm³/mol. The van der Waals surface area contributed by atoms with E-state index in [1.807, 2.05) is 0 Å². The summed E-state index contributed by atoms with van der Waals surface area (Å²) >= 11 is 0. The summed E-state index contributed by atoms with van der Waals surface area (Å²) in [4.78, 5) is 208. The van der Waals surface area contributed by atoms with Crippen LogP contribution in [-0.2, 0) is 86.4 Å². The number of carbonyl (C=O) groups is 14. The van der Waals surface area contributed by atoms with Crippen molar-refractivity contribution in [2.24, 2.45) is 45.5 Å². The summed E-state index contributed by atoms with van der Waals surface area (Å²) in [6, 6.07) is -12.5. The van der Waals surface area contributed by atoms with E-state index < -0.39 is 180 Å². The van der Waals surface area contributed by atoms with Crippen LogP contribution in [0.25, 0.3) is 0 Å². The van der Waals surface area contributed by atoms with Gasteiger partial charge in [-0.2, -0.15) is 0 Å². The third kappa shape index (κ3) is 27.1. The topological polar surface area (TPSA) is 643 Å². The third-order valence-corrected chi connectivity index (χ3v) is 16.4. The maximum Gasteiger partial charge on any atom is 0.326 e. The Morgan fingerprint density at radius 1 is 0.574 bits per heavy atom. The monoisotopic (exact) mass is 1420 g/mol. The number of rotatable bonds is 43. The van der Waals surface area contributed by atoms with Gasteiger partial charge in [0.05, 0.1) is 31.9 Å². The van der Waals surface area contributed by atoms with Crippen LogP contribution in [0, 0.1) is 11.8 Å². The summed E-state index contributed by atoms with van der Waals surface area (Å²) in [6.45, 7) is 5.51. The van der Waals surface area contributed by atoms with E-state index in [4.69, 9.17) is 28.7 Å². The van der Waals surface area contributed by atoms with Crippen molar-refractivity contribution < 1.29 is 87.5 Å². The number of primary amides is 2. The smallest absolute Gasteiger partial charge is 0.326 e. The lowest BCUT2D eigenvalue weighted by Gasteiger charge is -2.31. The number of aliphatic imine (C=N–C) groups is 1. The molecule has 0 unspecified atom stereocenters. The van der Waals surface area contributed by atoms with Crippen LogP contribution in [0.3, 0.4) is 0 Å². The summed E-state index contributed by atoms with van der Waals surface area (Å²) < 4.78 is 0. The maximum absolute atomic E-state index is 14.8. The van der Waals surface area contributed by atoms with E-state index in [2.05, 4.69) is 78.1 Å². The maximum atomic E-state index is 14.8. The first-order valence-electron chi connectivity index (χ1n) is 32.7. The third-order valence-electron chi connectivity index (χ3n) is 16.4. The number of hydrogen-bond acceptors (Lipinski definition) is 21. The highest BCUT2D eigenvalue weighted by Gasteiger charge is 2.41. The number of carboxylic acids is 1. The normalized spacial score (nSPS) is 16.2. The number of aliphatic carboxylic acids is 1. The van der Waals surface area contributed by atoms with Crippen LogP contribution in [-0.4, -0.2) is 233 Å². The minimum Gasteiger partial charge on any atom is -0.508 e. The molecule has 39 heteroatoms. The number of nitrogens with two attached hydrogens (primary N) is 5. The van der Waals surface area contributed by atoms with E-state index in [1.54, 1.807) is 27.7 Å². The number of nitrogens with one attached hydrogen (secondary N) is 12. The van der Waals surface area contributed by atoms with Crippen LogP contribution in [0.5, 0.6) is 5.75 Å². The van der Waals surface area contributed by atoms with Crippen molar-refractivity contribution in [1.29, 1.82) is 0 Å². The molecule has 26 N–H and O–H groups in total. The average Bonchev–Trinajstić information content (AvgIpc) is 1.77. The van der Waals surface area contributed by atoms with Gasteiger partial charge >= 0.3 is 5.97 Å². The van der Waals surface area contributed by atoms with E-state index in [0.29, 0.717) is 17.0 Å². The highest BCUT2D eigenvalue weighted by molar-refractivity contribution is 6.00. The molecule has 3 heterocycles. The number of phenols is 1. The van der Waals surface area contributed by atoms with Crippen LogP contribution in [0.15, 0.2) is 54.3 Å². The van der Waals surface area contributed by atoms with Crippen molar-refractivity contribution in [3.8, 4) is 5.75 Å². The number of aliphatic hydroxyl groups is 2. The van der Waals surface area contributed by atoms with Crippen LogP contribution < -0.4 is 81.8 Å². The number of aromatic nitrogens is 4. The van der Waals surface area contributed by atoms with Gasteiger partial charge in [0, 0.05) is 69.0 Å². The summed E-state index contributed by atoms with van der Waals surface area (Å²) in [5.74, 6) is -15.3. The highest BCUT2D eigenvalue weighted by Crippen LogP contribution is 2.20. The number of H-pyrrole nitrogens is 2. The number of imidazole rings is 2. The van der Waals surface area contributed by atoms with Crippen molar-refractivity contribution in [3.63, 3.8) is 0 Å². The Morgan fingerprint density at radius 3 is 1.54 bits per heavy atom. The zero-order valence-corrected chi connectivity index (χ0v) is 56.7. The van der Waals surface area contributed by atoms with E-state index in [9.17, 15) is 87.5 Å². The lowest BCUT2D eigenvalue weighted by molar-refractivity contribution is -0.144. The molecule has 556 valence electrons. The highest BCUT2D eigenvalue weighted by atomic mass is 16.4. The average molecular weight is 1420 g/mol. The first-order valence-corrected chi connectivity index (χ1v) is 32.7. The second kappa shape index (κ2) is 40.9. The molecule has 4 rings (SSSR count). The fraction of sp³-hybridized carbons (Fsp3) is 0.565. The standard InChI is InChI=1S/C62H95N21O18/c1-6-31(4)49(59(98)80-44(27-85)60(99)83-20-8-10-45(83)58(97)73-32(5)50(89)74-39(16-18-47(65)88)53(92)81-48(30(2)3)61(100)101)82-56(95)42(23-35-25-69-29-72-35)77-52(91)38(9-7-19-70-62(66)67)75-54(93)40(21-33-11-13-36(86)14-12-33)76-55(94)41(22-34-24-68-28-71-34)78-57(96)43(26-84)79-51(90)37(63)15-17-46(64)87/h11-14,24-25,28-32,37-45,48-49,84-86H,6-10,15-23,26-27,63H2,1-5H3,(H2,64,87)(H2,65,88)(H,68,71)(H,69,72)(H,73,97)(H,74,89)(H,75,93)(H,76,94)(H,77,91)(H,78,96)(H,79,90)(H,80,98)(H,81,92)(H,82,95)(H,100,101)(H4,66,67,70)/t31-,32-,37-,38-,39-,40-,41-,42-,43-,44-,45-,48-,49-/m1/s1. The molecule has 13 amide bonds. The molecule has 1 aliphatic rings. The molecule has 0 spiro atoms. The first kappa shape index (κ1) is 82.6. The van der Waals surface area contributed by atoms with Gasteiger partial charge in [-0.1, -0.05) is 46.2 Å². The number of nitrogens with zero attached hydrogens (tertiary/aromatic N) is 4. The molecule has 1 aliphatic heterocycles. The molecule has 1 fully saturated rings. The number of likely N-dealkylation sites (tertiary alicyclic amines) is 1. The summed E-state index contributed by atoms with van der Waals surface area (Å²) in [6.07, 6.45) is 3.46. The number of carbonyl (C=O) groups excluding carboxylic acids is 13. The van der Waals surface area contributed by atoms with Gasteiger partial charge in [0.1, 0.15) is 72.2 Å². The minimum atomic E-state index is -1.72. The molecule has 2 aromatic heterocycles. The van der Waals surface area contributed by atoms with Crippen LogP contribution in [0.2, 0.25) is 0 Å². The molecule has 1 saturated heterocycles. The van der Waals surface area contributed by atoms with Crippen molar-refractivity contribution in [1.82, 2.24) is 78.0 Å². The molecule has 0 bridgehead atoms. The van der Waals surface area contributed by atoms with Gasteiger partial charge in [-0.05, 0) is 75.0 Å². The van der Waals surface area contributed by atoms with Gasteiger partial charge in [0.2, 0.25) is 76.8 Å². The quantitative estimate of drug-likeness (QED) is 0.0142. The summed E-state index contributed by atoms with van der Waals surface area (Å²) in [7, 11) is 0. The lowest BCUT2D eigenvalue weighted by Crippen LogP contribution is -2.62. The van der Waals surface area contributed by atoms with Crippen molar-refractivity contribution in [3.05, 3.63) is 66.3 Å². The largest absolute Gasteiger partial charge is 0.508 e. The van der Waals surface area contributed by atoms with Gasteiger partial charge in [-0.15, -0.1) is 0 Å². The van der Waals surface area contributed by atoms with Crippen molar-refractivity contribution in [2.45, 2.75) is 184 Å². The van der Waals surface area contributed by atoms with Gasteiger partial charge in [-0.3, -0.25) is 67.3 Å².